The lowest BCUT2D eigenvalue weighted by atomic mass is 10.1. The first-order valence-corrected chi connectivity index (χ1v) is 8.70. The van der Waals surface area contributed by atoms with Crippen LogP contribution in [0.4, 0.5) is 5.69 Å². The molecule has 1 atom stereocenters. The number of esters is 1. The van der Waals surface area contributed by atoms with Crippen molar-refractivity contribution in [1.82, 2.24) is 0 Å². The first-order chi connectivity index (χ1) is 13.4. The molecule has 0 heterocycles. The number of hydrogen-bond donors (Lipinski definition) is 1. The minimum Gasteiger partial charge on any atom is -0.482 e. The first kappa shape index (κ1) is 20.6. The molecular weight excluding hydrogens is 360 g/mol. The molecular formula is C21H20N2O5. The molecule has 0 bridgehead atoms. The Morgan fingerprint density at radius 3 is 2.43 bits per heavy atom. The normalized spacial score (nSPS) is 11.0. The number of nitrogens with one attached hydrogen (secondary N) is 1. The van der Waals surface area contributed by atoms with E-state index in [1.165, 1.54) is 6.92 Å². The van der Waals surface area contributed by atoms with E-state index in [0.29, 0.717) is 29.0 Å². The molecule has 144 valence electrons. The number of ether oxygens (including phenoxy) is 2. The SMILES string of the molecule is CCC(=O)c1ccc(OCC(=O)O[C@@H](C)C(=O)Nc2ccccc2C#N)cc1. The number of Topliss-reactive ketones (excluding diaryl/α,β-unsaturated/α-hetero) is 1. The molecule has 2 aromatic carbocycles. The van der Waals surface area contributed by atoms with Gasteiger partial charge in [-0.1, -0.05) is 19.1 Å². The molecule has 0 aliphatic carbocycles. The largest absolute Gasteiger partial charge is 0.482 e. The van der Waals surface area contributed by atoms with Crippen molar-refractivity contribution < 1.29 is 23.9 Å². The Bertz CT molecular complexity index is 900. The predicted molar refractivity (Wildman–Crippen MR) is 102 cm³/mol. The van der Waals surface area contributed by atoms with Gasteiger partial charge in [-0.15, -0.1) is 0 Å². The standard InChI is InChI=1S/C21H20N2O5/c1-3-19(24)15-8-10-17(11-9-15)27-13-20(25)28-14(2)21(26)23-18-7-5-4-6-16(18)12-22/h4-11,14H,3,13H2,1-2H3,(H,23,26)/t14-/m0/s1. The fourth-order valence-electron chi connectivity index (χ4n) is 2.29. The van der Waals surface area contributed by atoms with Gasteiger partial charge in [0, 0.05) is 12.0 Å². The second kappa shape index (κ2) is 9.88. The zero-order chi connectivity index (χ0) is 20.5. The summed E-state index contributed by atoms with van der Waals surface area (Å²) in [4.78, 5) is 35.6. The van der Waals surface area contributed by atoms with E-state index in [4.69, 9.17) is 14.7 Å². The highest BCUT2D eigenvalue weighted by Crippen LogP contribution is 2.15. The Morgan fingerprint density at radius 2 is 1.79 bits per heavy atom. The Balaban J connectivity index is 1.84. The molecule has 0 spiro atoms. The van der Waals surface area contributed by atoms with Crippen molar-refractivity contribution in [2.75, 3.05) is 11.9 Å². The third kappa shape index (κ3) is 5.68. The van der Waals surface area contributed by atoms with E-state index in [2.05, 4.69) is 5.32 Å². The second-order valence-corrected chi connectivity index (χ2v) is 5.87. The molecule has 0 aliphatic heterocycles. The Labute approximate surface area is 162 Å². The summed E-state index contributed by atoms with van der Waals surface area (Å²) in [5, 5.41) is 11.6. The molecule has 2 aromatic rings. The minimum atomic E-state index is -1.06. The average Bonchev–Trinajstić information content (AvgIpc) is 2.72. The highest BCUT2D eigenvalue weighted by molar-refractivity contribution is 5.96. The van der Waals surface area contributed by atoms with Crippen LogP contribution in [0.15, 0.2) is 48.5 Å². The van der Waals surface area contributed by atoms with E-state index >= 15 is 0 Å². The number of nitrogens with zero attached hydrogens (tertiary/aromatic N) is 1. The molecule has 0 fully saturated rings. The van der Waals surface area contributed by atoms with E-state index in [1.54, 1.807) is 55.5 Å². The molecule has 1 amide bonds. The highest BCUT2D eigenvalue weighted by Gasteiger charge is 2.19. The molecule has 28 heavy (non-hydrogen) atoms. The number of carbonyl (C=O) groups is 3. The molecule has 0 unspecified atom stereocenters. The lowest BCUT2D eigenvalue weighted by molar-refractivity contribution is -0.155. The summed E-state index contributed by atoms with van der Waals surface area (Å²) in [6.45, 7) is 2.82. The number of anilines is 1. The molecule has 1 N–H and O–H groups in total. The van der Waals surface area contributed by atoms with Gasteiger partial charge in [0.15, 0.2) is 18.5 Å². The number of hydrogen-bond acceptors (Lipinski definition) is 6. The van der Waals surface area contributed by atoms with Crippen molar-refractivity contribution in [1.29, 1.82) is 5.26 Å². The third-order valence-electron chi connectivity index (χ3n) is 3.84. The van der Waals surface area contributed by atoms with Crippen molar-refractivity contribution in [2.45, 2.75) is 26.4 Å². The smallest absolute Gasteiger partial charge is 0.344 e. The van der Waals surface area contributed by atoms with Crippen LogP contribution in [0.25, 0.3) is 0 Å². The van der Waals surface area contributed by atoms with Crippen LogP contribution < -0.4 is 10.1 Å². The molecule has 0 saturated heterocycles. The molecule has 2 rings (SSSR count). The number of nitriles is 1. The van der Waals surface area contributed by atoms with Gasteiger partial charge in [-0.05, 0) is 43.3 Å². The molecule has 7 nitrogen and oxygen atoms in total. The quantitative estimate of drug-likeness (QED) is 0.557. The highest BCUT2D eigenvalue weighted by atomic mass is 16.6. The van der Waals surface area contributed by atoms with Gasteiger partial charge in [-0.2, -0.15) is 5.26 Å². The van der Waals surface area contributed by atoms with Crippen LogP contribution in [0.2, 0.25) is 0 Å². The molecule has 0 aromatic heterocycles. The number of para-hydroxylation sites is 1. The van der Waals surface area contributed by atoms with Gasteiger partial charge in [0.05, 0.1) is 11.3 Å². The number of ketones is 1. The van der Waals surface area contributed by atoms with Gasteiger partial charge in [0.1, 0.15) is 11.8 Å². The van der Waals surface area contributed by atoms with Crippen molar-refractivity contribution >= 4 is 23.3 Å². The molecule has 0 radical (unpaired) electrons. The van der Waals surface area contributed by atoms with E-state index in [9.17, 15) is 14.4 Å². The minimum absolute atomic E-state index is 0.0174. The van der Waals surface area contributed by atoms with Crippen molar-refractivity contribution in [3.8, 4) is 11.8 Å². The molecule has 0 aliphatic rings. The van der Waals surface area contributed by atoms with Crippen LogP contribution in [-0.2, 0) is 14.3 Å². The number of carbonyl (C=O) groups excluding carboxylic acids is 3. The third-order valence-corrected chi connectivity index (χ3v) is 3.84. The summed E-state index contributed by atoms with van der Waals surface area (Å²) in [6.07, 6.45) is -0.655. The van der Waals surface area contributed by atoms with Crippen LogP contribution in [0.1, 0.15) is 36.2 Å². The Kier molecular flexibility index (Phi) is 7.28. The second-order valence-electron chi connectivity index (χ2n) is 5.87. The molecule has 7 heteroatoms. The predicted octanol–water partition coefficient (Wildman–Crippen LogP) is 3.10. The van der Waals surface area contributed by atoms with E-state index < -0.39 is 18.0 Å². The molecule has 0 saturated carbocycles. The van der Waals surface area contributed by atoms with Gasteiger partial charge >= 0.3 is 5.97 Å². The van der Waals surface area contributed by atoms with Crippen molar-refractivity contribution in [3.63, 3.8) is 0 Å². The summed E-state index contributed by atoms with van der Waals surface area (Å²) < 4.78 is 10.4. The summed E-state index contributed by atoms with van der Waals surface area (Å²) in [5.74, 6) is -0.850. The fourth-order valence-corrected chi connectivity index (χ4v) is 2.29. The van der Waals surface area contributed by atoms with Crippen LogP contribution in [0, 0.1) is 11.3 Å². The van der Waals surface area contributed by atoms with E-state index in [-0.39, 0.29) is 12.4 Å². The van der Waals surface area contributed by atoms with Gasteiger partial charge < -0.3 is 14.8 Å². The van der Waals surface area contributed by atoms with Crippen LogP contribution in [-0.4, -0.2) is 30.4 Å². The van der Waals surface area contributed by atoms with E-state index in [0.717, 1.165) is 0 Å². The van der Waals surface area contributed by atoms with Crippen molar-refractivity contribution in [3.05, 3.63) is 59.7 Å². The number of benzene rings is 2. The summed E-state index contributed by atoms with van der Waals surface area (Å²) in [5.41, 5.74) is 1.22. The Hall–Kier alpha value is -3.66. The lowest BCUT2D eigenvalue weighted by Crippen LogP contribution is -2.31. The monoisotopic (exact) mass is 380 g/mol. The van der Waals surface area contributed by atoms with Gasteiger partial charge in [0.25, 0.3) is 5.91 Å². The zero-order valence-corrected chi connectivity index (χ0v) is 15.6. The fraction of sp³-hybridized carbons (Fsp3) is 0.238. The van der Waals surface area contributed by atoms with E-state index in [1.807, 2.05) is 6.07 Å². The van der Waals surface area contributed by atoms with Gasteiger partial charge in [0.2, 0.25) is 0 Å². The van der Waals surface area contributed by atoms with Crippen molar-refractivity contribution in [2.24, 2.45) is 0 Å². The van der Waals surface area contributed by atoms with Crippen LogP contribution >= 0.6 is 0 Å². The number of amides is 1. The lowest BCUT2D eigenvalue weighted by Gasteiger charge is -2.14. The topological polar surface area (TPSA) is 105 Å². The first-order valence-electron chi connectivity index (χ1n) is 8.70. The maximum absolute atomic E-state index is 12.1. The Morgan fingerprint density at radius 1 is 1.11 bits per heavy atom. The summed E-state index contributed by atoms with van der Waals surface area (Å²) >= 11 is 0. The zero-order valence-electron chi connectivity index (χ0n) is 15.6. The van der Waals surface area contributed by atoms with Gasteiger partial charge in [-0.25, -0.2) is 4.79 Å². The maximum Gasteiger partial charge on any atom is 0.344 e. The van der Waals surface area contributed by atoms with Crippen LogP contribution in [0.5, 0.6) is 5.75 Å². The van der Waals surface area contributed by atoms with Crippen LogP contribution in [0.3, 0.4) is 0 Å². The van der Waals surface area contributed by atoms with Gasteiger partial charge in [-0.3, -0.25) is 9.59 Å². The maximum atomic E-state index is 12.1. The number of rotatable bonds is 8. The summed E-state index contributed by atoms with van der Waals surface area (Å²) in [7, 11) is 0. The average molecular weight is 380 g/mol. The summed E-state index contributed by atoms with van der Waals surface area (Å²) in [6, 6.07) is 14.9.